The van der Waals surface area contributed by atoms with Crippen LogP contribution < -0.4 is 0 Å². The van der Waals surface area contributed by atoms with Crippen molar-refractivity contribution in [1.82, 2.24) is 4.90 Å². The van der Waals surface area contributed by atoms with E-state index in [4.69, 9.17) is 5.11 Å². The Bertz CT molecular complexity index is 432. The maximum atomic E-state index is 11.7. The van der Waals surface area contributed by atoms with E-state index in [0.717, 1.165) is 4.90 Å². The highest BCUT2D eigenvalue weighted by molar-refractivity contribution is 8.00. The average molecular weight is 253 g/mol. The summed E-state index contributed by atoms with van der Waals surface area (Å²) in [6.45, 7) is 1.81. The number of carbonyl (C=O) groups excluding carboxylic acids is 1. The third kappa shape index (κ3) is 3.78. The van der Waals surface area contributed by atoms with Gasteiger partial charge in [-0.1, -0.05) is 6.07 Å². The summed E-state index contributed by atoms with van der Waals surface area (Å²) in [4.78, 5) is 24.8. The van der Waals surface area contributed by atoms with E-state index in [0.29, 0.717) is 0 Å². The van der Waals surface area contributed by atoms with Crippen molar-refractivity contribution < 1.29 is 14.7 Å². The summed E-state index contributed by atoms with van der Waals surface area (Å²) in [5.74, 6) is -0.949. The lowest BCUT2D eigenvalue weighted by Crippen LogP contribution is -2.29. The van der Waals surface area contributed by atoms with E-state index in [1.807, 2.05) is 0 Å². The van der Waals surface area contributed by atoms with Gasteiger partial charge in [-0.05, 0) is 25.1 Å². The zero-order valence-electron chi connectivity index (χ0n) is 10.0. The van der Waals surface area contributed by atoms with Gasteiger partial charge >= 0.3 is 5.97 Å². The molecule has 1 aromatic carbocycles. The Morgan fingerprint density at radius 1 is 1.35 bits per heavy atom. The van der Waals surface area contributed by atoms with Gasteiger partial charge in [0.25, 0.3) is 0 Å². The molecule has 0 bridgehead atoms. The van der Waals surface area contributed by atoms with Crippen molar-refractivity contribution in [3.05, 3.63) is 29.8 Å². The van der Waals surface area contributed by atoms with E-state index in [2.05, 4.69) is 0 Å². The van der Waals surface area contributed by atoms with Crippen LogP contribution in [-0.4, -0.2) is 41.2 Å². The number of aromatic carboxylic acids is 1. The first-order valence-corrected chi connectivity index (χ1v) is 6.01. The van der Waals surface area contributed by atoms with Crippen LogP contribution in [0.1, 0.15) is 17.3 Å². The summed E-state index contributed by atoms with van der Waals surface area (Å²) < 4.78 is 0. The van der Waals surface area contributed by atoms with E-state index in [9.17, 15) is 9.59 Å². The largest absolute Gasteiger partial charge is 0.478 e. The van der Waals surface area contributed by atoms with Crippen LogP contribution in [0.5, 0.6) is 0 Å². The molecule has 1 unspecified atom stereocenters. The van der Waals surface area contributed by atoms with Crippen molar-refractivity contribution in [2.24, 2.45) is 0 Å². The van der Waals surface area contributed by atoms with Gasteiger partial charge in [-0.25, -0.2) is 4.79 Å². The minimum atomic E-state index is -0.959. The van der Waals surface area contributed by atoms with E-state index in [1.54, 1.807) is 39.2 Å². The highest BCUT2D eigenvalue weighted by atomic mass is 32.2. The molecule has 1 atom stereocenters. The van der Waals surface area contributed by atoms with Gasteiger partial charge in [0.1, 0.15) is 0 Å². The van der Waals surface area contributed by atoms with Gasteiger partial charge in [0.05, 0.1) is 10.8 Å². The third-order valence-corrected chi connectivity index (χ3v) is 3.26. The molecule has 0 fully saturated rings. The fraction of sp³-hybridized carbons (Fsp3) is 0.333. The first-order chi connectivity index (χ1) is 7.91. The van der Waals surface area contributed by atoms with Crippen LogP contribution in [0.3, 0.4) is 0 Å². The Labute approximate surface area is 105 Å². The molecule has 4 nitrogen and oxygen atoms in total. The van der Waals surface area contributed by atoms with Crippen molar-refractivity contribution in [3.63, 3.8) is 0 Å². The summed E-state index contributed by atoms with van der Waals surface area (Å²) in [6.07, 6.45) is 0. The quantitative estimate of drug-likeness (QED) is 0.833. The van der Waals surface area contributed by atoms with Crippen LogP contribution in [0.4, 0.5) is 0 Å². The molecular formula is C12H15NO3S. The number of amides is 1. The molecule has 0 aromatic heterocycles. The van der Waals surface area contributed by atoms with E-state index in [-0.39, 0.29) is 16.7 Å². The van der Waals surface area contributed by atoms with Gasteiger partial charge in [-0.3, -0.25) is 4.79 Å². The zero-order chi connectivity index (χ0) is 13.0. The Morgan fingerprint density at radius 3 is 2.53 bits per heavy atom. The Kier molecular flexibility index (Phi) is 4.57. The fourth-order valence-electron chi connectivity index (χ4n) is 1.32. The van der Waals surface area contributed by atoms with Gasteiger partial charge in [-0.2, -0.15) is 0 Å². The highest BCUT2D eigenvalue weighted by Crippen LogP contribution is 2.24. The number of thioether (sulfide) groups is 1. The van der Waals surface area contributed by atoms with Crippen LogP contribution >= 0.6 is 11.8 Å². The lowest BCUT2D eigenvalue weighted by Gasteiger charge is -2.16. The third-order valence-electron chi connectivity index (χ3n) is 2.18. The number of carbonyl (C=O) groups is 2. The molecule has 0 aliphatic heterocycles. The van der Waals surface area contributed by atoms with E-state index < -0.39 is 5.97 Å². The molecule has 0 radical (unpaired) electrons. The average Bonchev–Trinajstić information content (AvgIpc) is 2.28. The van der Waals surface area contributed by atoms with Crippen LogP contribution in [0.15, 0.2) is 29.2 Å². The summed E-state index contributed by atoms with van der Waals surface area (Å²) in [5, 5.41) is 8.63. The molecule has 0 saturated carbocycles. The second-order valence-electron chi connectivity index (χ2n) is 3.83. The molecule has 5 heteroatoms. The molecular weight excluding hydrogens is 238 g/mol. The Balaban J connectivity index is 2.78. The normalized spacial score (nSPS) is 11.9. The van der Waals surface area contributed by atoms with Gasteiger partial charge in [0.2, 0.25) is 5.91 Å². The number of carboxylic acid groups (broad SMARTS) is 1. The monoisotopic (exact) mass is 253 g/mol. The molecule has 1 amide bonds. The minimum Gasteiger partial charge on any atom is -0.478 e. The standard InChI is InChI=1S/C12H15NO3S/c1-8(11(14)13(2)3)17-10-6-4-5-9(7-10)12(15)16/h4-8H,1-3H3,(H,15,16). The molecule has 1 rings (SSSR count). The van der Waals surface area contributed by atoms with Crippen LogP contribution in [0.2, 0.25) is 0 Å². The second-order valence-corrected chi connectivity index (χ2v) is 5.24. The summed E-state index contributed by atoms with van der Waals surface area (Å²) >= 11 is 1.36. The van der Waals surface area contributed by atoms with Gasteiger partial charge in [0.15, 0.2) is 0 Å². The predicted molar refractivity (Wildman–Crippen MR) is 67.4 cm³/mol. The van der Waals surface area contributed by atoms with Crippen molar-refractivity contribution in [2.75, 3.05) is 14.1 Å². The van der Waals surface area contributed by atoms with Crippen molar-refractivity contribution in [1.29, 1.82) is 0 Å². The summed E-state index contributed by atoms with van der Waals surface area (Å²) in [5.41, 5.74) is 0.236. The maximum Gasteiger partial charge on any atom is 0.335 e. The molecule has 1 N–H and O–H groups in total. The number of hydrogen-bond donors (Lipinski definition) is 1. The Morgan fingerprint density at radius 2 is 2.00 bits per heavy atom. The topological polar surface area (TPSA) is 57.6 Å². The van der Waals surface area contributed by atoms with Crippen molar-refractivity contribution >= 4 is 23.6 Å². The highest BCUT2D eigenvalue weighted by Gasteiger charge is 2.16. The predicted octanol–water partition coefficient (Wildman–Crippen LogP) is 1.95. The maximum absolute atomic E-state index is 11.7. The Hall–Kier alpha value is -1.49. The van der Waals surface area contributed by atoms with E-state index in [1.165, 1.54) is 22.7 Å². The molecule has 17 heavy (non-hydrogen) atoms. The minimum absolute atomic E-state index is 0.00993. The smallest absolute Gasteiger partial charge is 0.335 e. The summed E-state index contributed by atoms with van der Waals surface area (Å²) in [6, 6.07) is 6.59. The first kappa shape index (κ1) is 13.6. The molecule has 0 aliphatic rings. The molecule has 0 heterocycles. The zero-order valence-corrected chi connectivity index (χ0v) is 10.8. The number of benzene rings is 1. The number of nitrogens with zero attached hydrogens (tertiary/aromatic N) is 1. The molecule has 0 saturated heterocycles. The number of carboxylic acids is 1. The van der Waals surface area contributed by atoms with E-state index >= 15 is 0 Å². The molecule has 92 valence electrons. The molecule has 1 aromatic rings. The van der Waals surface area contributed by atoms with Crippen LogP contribution in [0, 0.1) is 0 Å². The van der Waals surface area contributed by atoms with Crippen LogP contribution in [0.25, 0.3) is 0 Å². The lowest BCUT2D eigenvalue weighted by molar-refractivity contribution is -0.127. The van der Waals surface area contributed by atoms with Crippen LogP contribution in [-0.2, 0) is 4.79 Å². The molecule has 0 spiro atoms. The van der Waals surface area contributed by atoms with Gasteiger partial charge < -0.3 is 10.0 Å². The van der Waals surface area contributed by atoms with Gasteiger partial charge in [-0.15, -0.1) is 11.8 Å². The second kappa shape index (κ2) is 5.72. The summed E-state index contributed by atoms with van der Waals surface area (Å²) in [7, 11) is 3.40. The SMILES string of the molecule is CC(Sc1cccc(C(=O)O)c1)C(=O)N(C)C. The van der Waals surface area contributed by atoms with Crippen molar-refractivity contribution in [2.45, 2.75) is 17.1 Å². The number of hydrogen-bond acceptors (Lipinski definition) is 3. The fourth-order valence-corrected chi connectivity index (χ4v) is 2.39. The number of rotatable bonds is 4. The van der Waals surface area contributed by atoms with Crippen molar-refractivity contribution in [3.8, 4) is 0 Å². The van der Waals surface area contributed by atoms with Gasteiger partial charge in [0, 0.05) is 19.0 Å². The first-order valence-electron chi connectivity index (χ1n) is 5.13. The lowest BCUT2D eigenvalue weighted by atomic mass is 10.2. The molecule has 0 aliphatic carbocycles.